The van der Waals surface area contributed by atoms with Crippen LogP contribution in [0.15, 0.2) is 35.1 Å². The van der Waals surface area contributed by atoms with Crippen LogP contribution in [-0.4, -0.2) is 31.0 Å². The summed E-state index contributed by atoms with van der Waals surface area (Å²) >= 11 is 0. The Kier molecular flexibility index (Phi) is 4.03. The van der Waals surface area contributed by atoms with Gasteiger partial charge in [-0.15, -0.1) is 0 Å². The first kappa shape index (κ1) is 16.7. The lowest BCUT2D eigenvalue weighted by molar-refractivity contribution is -0.114. The number of anilines is 3. The molecule has 9 heteroatoms. The Balaban J connectivity index is 1.67. The number of hydrogen-bond acceptors (Lipinski definition) is 7. The molecule has 4 aromatic rings. The van der Waals surface area contributed by atoms with E-state index in [0.717, 1.165) is 22.6 Å². The summed E-state index contributed by atoms with van der Waals surface area (Å²) < 4.78 is 5.22. The maximum Gasteiger partial charge on any atom is 0.221 e. The average molecular weight is 363 g/mol. The molecule has 0 saturated heterocycles. The predicted octanol–water partition coefficient (Wildman–Crippen LogP) is 3.33. The smallest absolute Gasteiger partial charge is 0.221 e. The molecule has 0 saturated carbocycles. The maximum absolute atomic E-state index is 11.1. The van der Waals surface area contributed by atoms with Gasteiger partial charge < -0.3 is 20.1 Å². The van der Waals surface area contributed by atoms with Gasteiger partial charge in [0.05, 0.1) is 11.3 Å². The molecule has 0 aliphatic carbocycles. The highest BCUT2D eigenvalue weighted by Crippen LogP contribution is 2.29. The molecule has 1 amide bonds. The van der Waals surface area contributed by atoms with Crippen molar-refractivity contribution in [3.05, 3.63) is 42.0 Å². The van der Waals surface area contributed by atoms with Crippen LogP contribution in [0.1, 0.15) is 18.4 Å². The van der Waals surface area contributed by atoms with Crippen LogP contribution in [-0.2, 0) is 4.79 Å². The highest BCUT2D eigenvalue weighted by atomic mass is 16.5. The second kappa shape index (κ2) is 6.52. The van der Waals surface area contributed by atoms with E-state index < -0.39 is 0 Å². The van der Waals surface area contributed by atoms with Crippen LogP contribution in [0.3, 0.4) is 0 Å². The molecule has 0 radical (unpaired) electrons. The van der Waals surface area contributed by atoms with Crippen molar-refractivity contribution in [1.82, 2.24) is 25.1 Å². The Morgan fingerprint density at radius 3 is 2.52 bits per heavy atom. The van der Waals surface area contributed by atoms with Crippen molar-refractivity contribution in [3.8, 4) is 11.4 Å². The number of nitrogens with one attached hydrogen (secondary N) is 3. The van der Waals surface area contributed by atoms with Gasteiger partial charge in [-0.2, -0.15) is 0 Å². The van der Waals surface area contributed by atoms with E-state index in [1.807, 2.05) is 38.1 Å². The van der Waals surface area contributed by atoms with Gasteiger partial charge >= 0.3 is 0 Å². The van der Waals surface area contributed by atoms with Crippen LogP contribution in [0.25, 0.3) is 22.6 Å². The first-order valence-corrected chi connectivity index (χ1v) is 8.30. The van der Waals surface area contributed by atoms with Gasteiger partial charge in [0.1, 0.15) is 23.4 Å². The number of benzene rings is 1. The molecule has 3 aromatic heterocycles. The number of carbonyl (C=O) groups excluding carboxylic acids is 1. The number of aromatic amines is 1. The summed E-state index contributed by atoms with van der Waals surface area (Å²) in [5, 5.41) is 9.94. The number of aromatic nitrogens is 5. The SMILES string of the molecule is CC(=O)Nc1ccc(Nc2ncnc3nc(-c4c(C)noc4C)[nH]c23)cc1. The lowest BCUT2D eigenvalue weighted by Crippen LogP contribution is -2.05. The minimum Gasteiger partial charge on any atom is -0.361 e. The van der Waals surface area contributed by atoms with E-state index in [1.54, 1.807) is 0 Å². The van der Waals surface area contributed by atoms with Gasteiger partial charge in [-0.25, -0.2) is 15.0 Å². The molecular weight excluding hydrogens is 346 g/mol. The van der Waals surface area contributed by atoms with Crippen molar-refractivity contribution < 1.29 is 9.32 Å². The number of aryl methyl sites for hydroxylation is 2. The predicted molar refractivity (Wildman–Crippen MR) is 101 cm³/mol. The van der Waals surface area contributed by atoms with Crippen LogP contribution < -0.4 is 10.6 Å². The maximum atomic E-state index is 11.1. The van der Waals surface area contributed by atoms with Crippen LogP contribution in [0.5, 0.6) is 0 Å². The Morgan fingerprint density at radius 2 is 1.85 bits per heavy atom. The molecular formula is C18H17N7O2. The topological polar surface area (TPSA) is 122 Å². The van der Waals surface area contributed by atoms with Crippen molar-refractivity contribution in [2.24, 2.45) is 0 Å². The number of nitrogens with zero attached hydrogens (tertiary/aromatic N) is 4. The van der Waals surface area contributed by atoms with Gasteiger partial charge in [-0.3, -0.25) is 4.79 Å². The minimum atomic E-state index is -0.113. The standard InChI is InChI=1S/C18H17N7O2/c1-9-14(10(2)27-25-9)16-23-15-17(19-8-20-18(15)24-16)22-13-6-4-12(5-7-13)21-11(3)26/h4-8H,1-3H3,(H,21,26)(H2,19,20,22,23,24). The zero-order chi connectivity index (χ0) is 19.0. The van der Waals surface area contributed by atoms with E-state index in [2.05, 4.69) is 35.7 Å². The Hall–Kier alpha value is -3.75. The quantitative estimate of drug-likeness (QED) is 0.508. The number of imidazole rings is 1. The van der Waals surface area contributed by atoms with E-state index in [0.29, 0.717) is 28.6 Å². The zero-order valence-corrected chi connectivity index (χ0v) is 15.0. The Morgan fingerprint density at radius 1 is 1.11 bits per heavy atom. The third-order valence-corrected chi connectivity index (χ3v) is 4.03. The van der Waals surface area contributed by atoms with Crippen molar-refractivity contribution in [3.63, 3.8) is 0 Å². The number of H-pyrrole nitrogens is 1. The molecule has 0 spiro atoms. The third kappa shape index (κ3) is 3.22. The van der Waals surface area contributed by atoms with Gasteiger partial charge in [-0.1, -0.05) is 5.16 Å². The first-order chi connectivity index (χ1) is 13.0. The minimum absolute atomic E-state index is 0.113. The molecule has 4 rings (SSSR count). The molecule has 0 bridgehead atoms. The molecule has 27 heavy (non-hydrogen) atoms. The number of amides is 1. The molecule has 1 aromatic carbocycles. The summed E-state index contributed by atoms with van der Waals surface area (Å²) in [6.45, 7) is 5.17. The zero-order valence-electron chi connectivity index (χ0n) is 15.0. The summed E-state index contributed by atoms with van der Waals surface area (Å²) in [5.41, 5.74) is 4.33. The van der Waals surface area contributed by atoms with Crippen molar-refractivity contribution in [2.45, 2.75) is 20.8 Å². The van der Waals surface area contributed by atoms with Crippen LogP contribution in [0, 0.1) is 13.8 Å². The molecule has 136 valence electrons. The summed E-state index contributed by atoms with van der Waals surface area (Å²) in [7, 11) is 0. The highest BCUT2D eigenvalue weighted by Gasteiger charge is 2.17. The molecule has 0 fully saturated rings. The number of fused-ring (bicyclic) bond motifs is 1. The van der Waals surface area contributed by atoms with Gasteiger partial charge in [0.2, 0.25) is 5.91 Å². The molecule has 9 nitrogen and oxygen atoms in total. The second-order valence-electron chi connectivity index (χ2n) is 6.09. The largest absolute Gasteiger partial charge is 0.361 e. The third-order valence-electron chi connectivity index (χ3n) is 4.03. The van der Waals surface area contributed by atoms with Crippen LogP contribution >= 0.6 is 0 Å². The van der Waals surface area contributed by atoms with Gasteiger partial charge in [-0.05, 0) is 38.1 Å². The number of carbonyl (C=O) groups is 1. The van der Waals surface area contributed by atoms with E-state index in [1.165, 1.54) is 13.3 Å². The second-order valence-corrected chi connectivity index (χ2v) is 6.09. The molecule has 3 N–H and O–H groups in total. The van der Waals surface area contributed by atoms with E-state index in [4.69, 9.17) is 4.52 Å². The number of hydrogen-bond donors (Lipinski definition) is 3. The number of rotatable bonds is 4. The summed E-state index contributed by atoms with van der Waals surface area (Å²) in [6, 6.07) is 7.32. The molecule has 0 unspecified atom stereocenters. The average Bonchev–Trinajstić information content (AvgIpc) is 3.19. The van der Waals surface area contributed by atoms with Crippen LogP contribution in [0.2, 0.25) is 0 Å². The molecule has 0 aliphatic heterocycles. The normalized spacial score (nSPS) is 10.9. The Bertz CT molecular complexity index is 1110. The van der Waals surface area contributed by atoms with E-state index in [-0.39, 0.29) is 5.91 Å². The summed E-state index contributed by atoms with van der Waals surface area (Å²) in [4.78, 5) is 27.4. The fourth-order valence-corrected chi connectivity index (χ4v) is 2.84. The van der Waals surface area contributed by atoms with Crippen LogP contribution in [0.4, 0.5) is 17.2 Å². The van der Waals surface area contributed by atoms with Gasteiger partial charge in [0, 0.05) is 18.3 Å². The first-order valence-electron chi connectivity index (χ1n) is 8.30. The van der Waals surface area contributed by atoms with Crippen molar-refractivity contribution >= 4 is 34.3 Å². The molecule has 0 aliphatic rings. The summed E-state index contributed by atoms with van der Waals surface area (Å²) in [6.07, 6.45) is 1.45. The van der Waals surface area contributed by atoms with E-state index in [9.17, 15) is 4.79 Å². The van der Waals surface area contributed by atoms with Gasteiger partial charge in [0.15, 0.2) is 11.5 Å². The molecule has 0 atom stereocenters. The van der Waals surface area contributed by atoms with E-state index >= 15 is 0 Å². The highest BCUT2D eigenvalue weighted by molar-refractivity contribution is 5.90. The lowest BCUT2D eigenvalue weighted by Gasteiger charge is -2.07. The summed E-state index contributed by atoms with van der Waals surface area (Å²) in [5.74, 6) is 1.80. The van der Waals surface area contributed by atoms with Gasteiger partial charge in [0.25, 0.3) is 0 Å². The monoisotopic (exact) mass is 363 g/mol. The fourth-order valence-electron chi connectivity index (χ4n) is 2.84. The Labute approximate surface area is 154 Å². The lowest BCUT2D eigenvalue weighted by atomic mass is 10.2. The fraction of sp³-hybridized carbons (Fsp3) is 0.167. The van der Waals surface area contributed by atoms with Crippen molar-refractivity contribution in [1.29, 1.82) is 0 Å². The molecule has 3 heterocycles. The van der Waals surface area contributed by atoms with Crippen molar-refractivity contribution in [2.75, 3.05) is 10.6 Å².